The van der Waals surface area contributed by atoms with E-state index in [0.29, 0.717) is 0 Å². The van der Waals surface area contributed by atoms with Crippen molar-refractivity contribution in [3.05, 3.63) is 0 Å². The molecule has 0 bridgehead atoms. The van der Waals surface area contributed by atoms with E-state index in [9.17, 15) is 0 Å². The topological polar surface area (TPSA) is 27.0 Å². The van der Waals surface area contributed by atoms with Crippen LogP contribution in [0.25, 0.3) is 0 Å². The van der Waals surface area contributed by atoms with E-state index in [1.165, 1.54) is 19.3 Å². The second kappa shape index (κ2) is 4.47. The molecule has 1 aliphatic carbocycles. The first-order valence-corrected chi connectivity index (χ1v) is 4.80. The predicted octanol–water partition coefficient (Wildman–Crippen LogP) is 1.88. The Morgan fingerprint density at radius 3 is 2.75 bits per heavy atom. The molecule has 0 aromatic heterocycles. The minimum absolute atomic E-state index is 0.175. The lowest BCUT2D eigenvalue weighted by molar-refractivity contribution is 0.300. The average molecular weight is 166 g/mol. The van der Waals surface area contributed by atoms with Gasteiger partial charge in [-0.3, -0.25) is 0 Å². The monoisotopic (exact) mass is 166 g/mol. The molecule has 0 saturated heterocycles. The van der Waals surface area contributed by atoms with Crippen LogP contribution >= 0.6 is 0 Å². The van der Waals surface area contributed by atoms with E-state index < -0.39 is 0 Å². The highest BCUT2D eigenvalue weighted by molar-refractivity contribution is 4.81. The minimum atomic E-state index is 0.175. The lowest BCUT2D eigenvalue weighted by Crippen LogP contribution is -2.25. The second-order valence-corrected chi connectivity index (χ2v) is 4.02. The number of nitrogens with zero attached hydrogens (tertiary/aromatic N) is 2. The normalized spacial score (nSPS) is 19.2. The summed E-state index contributed by atoms with van der Waals surface area (Å²) >= 11 is 0. The Kier molecular flexibility index (Phi) is 3.55. The lowest BCUT2D eigenvalue weighted by Gasteiger charge is -2.17. The maximum absolute atomic E-state index is 8.60. The SMILES string of the molecule is CC(C#N)CN(C)CCC1CC1. The van der Waals surface area contributed by atoms with Crippen molar-refractivity contribution in [3.63, 3.8) is 0 Å². The molecule has 1 saturated carbocycles. The zero-order valence-electron chi connectivity index (χ0n) is 8.08. The molecule has 0 radical (unpaired) electrons. The first-order chi connectivity index (χ1) is 5.72. The van der Waals surface area contributed by atoms with Crippen LogP contribution in [0.4, 0.5) is 0 Å². The molecule has 12 heavy (non-hydrogen) atoms. The van der Waals surface area contributed by atoms with Crippen LogP contribution < -0.4 is 0 Å². The molecule has 1 fully saturated rings. The third-order valence-corrected chi connectivity index (χ3v) is 2.42. The third kappa shape index (κ3) is 3.73. The van der Waals surface area contributed by atoms with Crippen LogP contribution in [0.2, 0.25) is 0 Å². The van der Waals surface area contributed by atoms with Crippen molar-refractivity contribution in [2.75, 3.05) is 20.1 Å². The third-order valence-electron chi connectivity index (χ3n) is 2.42. The van der Waals surface area contributed by atoms with Gasteiger partial charge >= 0.3 is 0 Å². The Labute approximate surface area is 75.2 Å². The number of hydrogen-bond acceptors (Lipinski definition) is 2. The van der Waals surface area contributed by atoms with Crippen LogP contribution in [0.15, 0.2) is 0 Å². The lowest BCUT2D eigenvalue weighted by atomic mass is 10.2. The zero-order valence-corrected chi connectivity index (χ0v) is 8.08. The molecule has 2 heteroatoms. The van der Waals surface area contributed by atoms with Gasteiger partial charge < -0.3 is 4.90 Å². The van der Waals surface area contributed by atoms with E-state index in [1.54, 1.807) is 0 Å². The van der Waals surface area contributed by atoms with Crippen LogP contribution in [0.3, 0.4) is 0 Å². The predicted molar refractivity (Wildman–Crippen MR) is 49.6 cm³/mol. The van der Waals surface area contributed by atoms with Crippen LogP contribution in [0.5, 0.6) is 0 Å². The molecule has 1 atom stereocenters. The molecule has 0 heterocycles. The molecular weight excluding hydrogens is 148 g/mol. The fourth-order valence-corrected chi connectivity index (χ4v) is 1.41. The summed E-state index contributed by atoms with van der Waals surface area (Å²) in [6, 6.07) is 2.26. The van der Waals surface area contributed by atoms with E-state index in [-0.39, 0.29) is 5.92 Å². The summed E-state index contributed by atoms with van der Waals surface area (Å²) in [5.41, 5.74) is 0. The highest BCUT2D eigenvalue weighted by Gasteiger charge is 2.21. The van der Waals surface area contributed by atoms with E-state index in [4.69, 9.17) is 5.26 Å². The summed E-state index contributed by atoms with van der Waals surface area (Å²) in [6.07, 6.45) is 4.19. The van der Waals surface area contributed by atoms with Crippen molar-refractivity contribution in [3.8, 4) is 6.07 Å². The molecule has 0 amide bonds. The quantitative estimate of drug-likeness (QED) is 0.623. The Hall–Kier alpha value is -0.550. The van der Waals surface area contributed by atoms with Gasteiger partial charge in [-0.1, -0.05) is 12.8 Å². The summed E-state index contributed by atoms with van der Waals surface area (Å²) in [5, 5.41) is 8.60. The molecule has 1 unspecified atom stereocenters. The van der Waals surface area contributed by atoms with E-state index >= 15 is 0 Å². The van der Waals surface area contributed by atoms with Crippen molar-refractivity contribution in [2.24, 2.45) is 11.8 Å². The smallest absolute Gasteiger partial charge is 0.0666 e. The van der Waals surface area contributed by atoms with Crippen molar-refractivity contribution in [2.45, 2.75) is 26.2 Å². The fraction of sp³-hybridized carbons (Fsp3) is 0.900. The maximum atomic E-state index is 8.60. The molecular formula is C10H18N2. The van der Waals surface area contributed by atoms with E-state index in [1.807, 2.05) is 6.92 Å². The fourth-order valence-electron chi connectivity index (χ4n) is 1.41. The second-order valence-electron chi connectivity index (χ2n) is 4.02. The molecule has 0 N–H and O–H groups in total. The summed E-state index contributed by atoms with van der Waals surface area (Å²) < 4.78 is 0. The molecule has 68 valence electrons. The standard InChI is InChI=1S/C10H18N2/c1-9(7-11)8-12(2)6-5-10-3-4-10/h9-10H,3-6,8H2,1-2H3. The molecule has 0 aromatic rings. The first kappa shape index (κ1) is 9.54. The first-order valence-electron chi connectivity index (χ1n) is 4.80. The van der Waals surface area contributed by atoms with Gasteiger partial charge in [0.25, 0.3) is 0 Å². The molecule has 0 spiro atoms. The minimum Gasteiger partial charge on any atom is -0.305 e. The van der Waals surface area contributed by atoms with Crippen molar-refractivity contribution >= 4 is 0 Å². The molecule has 1 rings (SSSR count). The van der Waals surface area contributed by atoms with Crippen molar-refractivity contribution in [1.29, 1.82) is 5.26 Å². The Morgan fingerprint density at radius 1 is 1.58 bits per heavy atom. The van der Waals surface area contributed by atoms with E-state index in [2.05, 4.69) is 18.0 Å². The summed E-state index contributed by atoms with van der Waals surface area (Å²) in [6.45, 7) is 4.06. The van der Waals surface area contributed by atoms with Gasteiger partial charge in [0.05, 0.1) is 12.0 Å². The average Bonchev–Trinajstić information content (AvgIpc) is 2.83. The van der Waals surface area contributed by atoms with Gasteiger partial charge in [-0.2, -0.15) is 5.26 Å². The number of hydrogen-bond donors (Lipinski definition) is 0. The maximum Gasteiger partial charge on any atom is 0.0666 e. The van der Waals surface area contributed by atoms with Gasteiger partial charge in [-0.25, -0.2) is 0 Å². The van der Waals surface area contributed by atoms with Gasteiger partial charge in [-0.05, 0) is 32.9 Å². The van der Waals surface area contributed by atoms with Crippen molar-refractivity contribution < 1.29 is 0 Å². The summed E-state index contributed by atoms with van der Waals surface area (Å²) in [5.74, 6) is 1.18. The molecule has 0 aromatic carbocycles. The highest BCUT2D eigenvalue weighted by atomic mass is 15.1. The van der Waals surface area contributed by atoms with Gasteiger partial charge in [0.1, 0.15) is 0 Å². The molecule has 2 nitrogen and oxygen atoms in total. The summed E-state index contributed by atoms with van der Waals surface area (Å²) in [4.78, 5) is 2.27. The number of nitriles is 1. The van der Waals surface area contributed by atoms with E-state index in [0.717, 1.165) is 19.0 Å². The Morgan fingerprint density at radius 2 is 2.25 bits per heavy atom. The van der Waals surface area contributed by atoms with Gasteiger partial charge in [-0.15, -0.1) is 0 Å². The van der Waals surface area contributed by atoms with Gasteiger partial charge in [0.2, 0.25) is 0 Å². The van der Waals surface area contributed by atoms with Crippen LogP contribution in [0, 0.1) is 23.2 Å². The zero-order chi connectivity index (χ0) is 8.97. The Balaban J connectivity index is 2.02. The number of rotatable bonds is 5. The molecule has 1 aliphatic rings. The van der Waals surface area contributed by atoms with Crippen LogP contribution in [-0.4, -0.2) is 25.0 Å². The summed E-state index contributed by atoms with van der Waals surface area (Å²) in [7, 11) is 2.11. The largest absolute Gasteiger partial charge is 0.305 e. The highest BCUT2D eigenvalue weighted by Crippen LogP contribution is 2.32. The van der Waals surface area contributed by atoms with Crippen LogP contribution in [0.1, 0.15) is 26.2 Å². The van der Waals surface area contributed by atoms with Crippen LogP contribution in [-0.2, 0) is 0 Å². The van der Waals surface area contributed by atoms with Crippen molar-refractivity contribution in [1.82, 2.24) is 4.90 Å². The molecule has 0 aliphatic heterocycles. The van der Waals surface area contributed by atoms with Gasteiger partial charge in [0, 0.05) is 6.54 Å². The Bertz CT molecular complexity index is 167. The van der Waals surface area contributed by atoms with Gasteiger partial charge in [0.15, 0.2) is 0 Å².